The standard InChI is InChI=1S/C9H12FNO2S/c1-7-3-2-4-8(5-7)14(12,13)9(10)6-11/h2-5,9H,6,11H2,1H3. The number of alkyl halides is 1. The molecule has 2 N–H and O–H groups in total. The van der Waals surface area contributed by atoms with E-state index in [2.05, 4.69) is 0 Å². The fourth-order valence-electron chi connectivity index (χ4n) is 1.07. The van der Waals surface area contributed by atoms with Gasteiger partial charge in [-0.3, -0.25) is 0 Å². The topological polar surface area (TPSA) is 60.2 Å². The van der Waals surface area contributed by atoms with Crippen LogP contribution in [0.3, 0.4) is 0 Å². The Kier molecular flexibility index (Phi) is 3.23. The zero-order chi connectivity index (χ0) is 10.8. The third-order valence-corrected chi connectivity index (χ3v) is 3.62. The number of benzene rings is 1. The number of hydrogen-bond donors (Lipinski definition) is 1. The number of nitrogens with two attached hydrogens (primary N) is 1. The van der Waals surface area contributed by atoms with Crippen LogP contribution in [0.5, 0.6) is 0 Å². The summed E-state index contributed by atoms with van der Waals surface area (Å²) in [5, 5.41) is 0. The summed E-state index contributed by atoms with van der Waals surface area (Å²) in [4.78, 5) is -0.0181. The van der Waals surface area contributed by atoms with Crippen molar-refractivity contribution < 1.29 is 12.8 Å². The molecular weight excluding hydrogens is 205 g/mol. The van der Waals surface area contributed by atoms with Crippen molar-refractivity contribution in [3.63, 3.8) is 0 Å². The lowest BCUT2D eigenvalue weighted by Gasteiger charge is -2.07. The SMILES string of the molecule is Cc1cccc(S(=O)(=O)C(F)CN)c1. The van der Waals surface area contributed by atoms with Crippen molar-refractivity contribution in [2.75, 3.05) is 6.54 Å². The van der Waals surface area contributed by atoms with Gasteiger partial charge in [0.25, 0.3) is 0 Å². The van der Waals surface area contributed by atoms with E-state index in [0.717, 1.165) is 5.56 Å². The van der Waals surface area contributed by atoms with Crippen LogP contribution in [0.2, 0.25) is 0 Å². The normalized spacial score (nSPS) is 13.9. The maximum atomic E-state index is 13.0. The summed E-state index contributed by atoms with van der Waals surface area (Å²) in [7, 11) is -3.90. The molecule has 14 heavy (non-hydrogen) atoms. The van der Waals surface area contributed by atoms with Gasteiger partial charge < -0.3 is 5.73 Å². The first kappa shape index (κ1) is 11.1. The van der Waals surface area contributed by atoms with E-state index in [9.17, 15) is 12.8 Å². The van der Waals surface area contributed by atoms with E-state index in [4.69, 9.17) is 5.73 Å². The van der Waals surface area contributed by atoms with Crippen LogP contribution >= 0.6 is 0 Å². The van der Waals surface area contributed by atoms with Gasteiger partial charge in [-0.15, -0.1) is 0 Å². The van der Waals surface area contributed by atoms with E-state index < -0.39 is 21.9 Å². The van der Waals surface area contributed by atoms with Gasteiger partial charge >= 0.3 is 0 Å². The molecule has 0 aliphatic carbocycles. The molecule has 0 aromatic heterocycles. The first-order valence-electron chi connectivity index (χ1n) is 4.13. The molecular formula is C9H12FNO2S. The lowest BCUT2D eigenvalue weighted by Crippen LogP contribution is -2.25. The Labute approximate surface area is 82.7 Å². The molecule has 0 saturated carbocycles. The fraction of sp³-hybridized carbons (Fsp3) is 0.333. The Hall–Kier alpha value is -0.940. The zero-order valence-electron chi connectivity index (χ0n) is 7.77. The third kappa shape index (κ3) is 2.10. The first-order chi connectivity index (χ1) is 6.48. The van der Waals surface area contributed by atoms with Crippen LogP contribution in [0, 0.1) is 6.92 Å². The summed E-state index contributed by atoms with van der Waals surface area (Å²) in [6.07, 6.45) is 0. The Morgan fingerprint density at radius 3 is 2.64 bits per heavy atom. The highest BCUT2D eigenvalue weighted by molar-refractivity contribution is 7.92. The van der Waals surface area contributed by atoms with Gasteiger partial charge in [0.05, 0.1) is 4.90 Å². The Morgan fingerprint density at radius 1 is 1.50 bits per heavy atom. The zero-order valence-corrected chi connectivity index (χ0v) is 8.59. The molecule has 0 radical (unpaired) electrons. The van der Waals surface area contributed by atoms with Crippen LogP contribution in [-0.2, 0) is 9.84 Å². The molecule has 3 nitrogen and oxygen atoms in total. The van der Waals surface area contributed by atoms with Gasteiger partial charge in [0.15, 0.2) is 0 Å². The summed E-state index contributed by atoms with van der Waals surface area (Å²) in [6, 6.07) is 6.11. The van der Waals surface area contributed by atoms with Crippen LogP contribution in [0.4, 0.5) is 4.39 Å². The highest BCUT2D eigenvalue weighted by Gasteiger charge is 2.25. The molecule has 0 aliphatic heterocycles. The first-order valence-corrected chi connectivity index (χ1v) is 5.68. The predicted octanol–water partition coefficient (Wildman–Crippen LogP) is 1.02. The minimum atomic E-state index is -3.90. The second kappa shape index (κ2) is 4.06. The van der Waals surface area contributed by atoms with Gasteiger partial charge in [-0.25, -0.2) is 12.8 Å². The average Bonchev–Trinajstić information content (AvgIpc) is 2.16. The van der Waals surface area contributed by atoms with Gasteiger partial charge in [-0.1, -0.05) is 12.1 Å². The fourth-order valence-corrected chi connectivity index (χ4v) is 2.23. The number of hydrogen-bond acceptors (Lipinski definition) is 3. The molecule has 5 heteroatoms. The summed E-state index contributed by atoms with van der Waals surface area (Å²) < 4.78 is 35.9. The average molecular weight is 217 g/mol. The highest BCUT2D eigenvalue weighted by Crippen LogP contribution is 2.17. The summed E-state index contributed by atoms with van der Waals surface area (Å²) in [5.74, 6) is 0. The maximum Gasteiger partial charge on any atom is 0.217 e. The summed E-state index contributed by atoms with van der Waals surface area (Å²) >= 11 is 0. The third-order valence-electron chi connectivity index (χ3n) is 1.84. The number of sulfone groups is 1. The Bertz CT molecular complexity index is 417. The van der Waals surface area contributed by atoms with Crippen LogP contribution in [-0.4, -0.2) is 20.5 Å². The van der Waals surface area contributed by atoms with Crippen molar-refractivity contribution in [1.29, 1.82) is 0 Å². The van der Waals surface area contributed by atoms with Gasteiger partial charge in [-0.05, 0) is 24.6 Å². The molecule has 0 heterocycles. The molecule has 78 valence electrons. The van der Waals surface area contributed by atoms with Crippen molar-refractivity contribution in [2.45, 2.75) is 17.3 Å². The van der Waals surface area contributed by atoms with Crippen molar-refractivity contribution >= 4 is 9.84 Å². The second-order valence-corrected chi connectivity index (χ2v) is 5.08. The van der Waals surface area contributed by atoms with E-state index >= 15 is 0 Å². The molecule has 0 saturated heterocycles. The largest absolute Gasteiger partial charge is 0.327 e. The van der Waals surface area contributed by atoms with Gasteiger partial charge in [0, 0.05) is 6.54 Å². The maximum absolute atomic E-state index is 13.0. The van der Waals surface area contributed by atoms with E-state index in [1.165, 1.54) is 12.1 Å². The number of aryl methyl sites for hydroxylation is 1. The van der Waals surface area contributed by atoms with E-state index in [0.29, 0.717) is 0 Å². The van der Waals surface area contributed by atoms with E-state index in [1.54, 1.807) is 19.1 Å². The molecule has 0 amide bonds. The quantitative estimate of drug-likeness (QED) is 0.822. The molecule has 0 bridgehead atoms. The smallest absolute Gasteiger partial charge is 0.217 e. The van der Waals surface area contributed by atoms with Crippen LogP contribution in [0.1, 0.15) is 5.56 Å². The highest BCUT2D eigenvalue weighted by atomic mass is 32.2. The molecule has 0 fully saturated rings. The lowest BCUT2D eigenvalue weighted by molar-refractivity contribution is 0.425. The van der Waals surface area contributed by atoms with Crippen molar-refractivity contribution in [1.82, 2.24) is 0 Å². The van der Waals surface area contributed by atoms with Crippen LogP contribution < -0.4 is 5.73 Å². The second-order valence-electron chi connectivity index (χ2n) is 3.01. The molecule has 1 aromatic rings. The minimum Gasteiger partial charge on any atom is -0.327 e. The summed E-state index contributed by atoms with van der Waals surface area (Å²) in [5.41, 5.74) is 3.73. The summed E-state index contributed by atoms with van der Waals surface area (Å²) in [6.45, 7) is 1.23. The van der Waals surface area contributed by atoms with Crippen molar-refractivity contribution in [2.24, 2.45) is 5.73 Å². The van der Waals surface area contributed by atoms with Gasteiger partial charge in [-0.2, -0.15) is 0 Å². The predicted molar refractivity (Wildman–Crippen MR) is 52.3 cm³/mol. The Morgan fingerprint density at radius 2 is 2.14 bits per heavy atom. The molecule has 1 aromatic carbocycles. The molecule has 1 atom stereocenters. The Balaban J connectivity index is 3.17. The van der Waals surface area contributed by atoms with Crippen LogP contribution in [0.15, 0.2) is 29.2 Å². The molecule has 1 rings (SSSR count). The van der Waals surface area contributed by atoms with Crippen LogP contribution in [0.25, 0.3) is 0 Å². The van der Waals surface area contributed by atoms with Gasteiger partial charge in [0.2, 0.25) is 15.3 Å². The molecule has 0 spiro atoms. The van der Waals surface area contributed by atoms with E-state index in [1.807, 2.05) is 0 Å². The van der Waals surface area contributed by atoms with Gasteiger partial charge in [0.1, 0.15) is 0 Å². The van der Waals surface area contributed by atoms with Crippen molar-refractivity contribution in [3.8, 4) is 0 Å². The molecule has 1 unspecified atom stereocenters. The minimum absolute atomic E-state index is 0.0181. The van der Waals surface area contributed by atoms with E-state index in [-0.39, 0.29) is 4.90 Å². The lowest BCUT2D eigenvalue weighted by atomic mass is 10.2. The monoisotopic (exact) mass is 217 g/mol. The molecule has 0 aliphatic rings. The number of rotatable bonds is 3. The number of halogens is 1. The van der Waals surface area contributed by atoms with Crippen molar-refractivity contribution in [3.05, 3.63) is 29.8 Å².